The van der Waals surface area contributed by atoms with E-state index in [1.165, 1.54) is 76.8 Å². The number of benzene rings is 7. The van der Waals surface area contributed by atoms with Gasteiger partial charge in [0.05, 0.1) is 5.69 Å². The fourth-order valence-electron chi connectivity index (χ4n) is 7.90. The Labute approximate surface area is 269 Å². The number of fused-ring (bicyclic) bond motifs is 10. The smallest absolute Gasteiger partial charge is 0.0705 e. The van der Waals surface area contributed by atoms with Gasteiger partial charge in [-0.1, -0.05) is 135 Å². The van der Waals surface area contributed by atoms with Gasteiger partial charge in [0.1, 0.15) is 0 Å². The first-order valence-corrected chi connectivity index (χ1v) is 16.1. The second-order valence-corrected chi connectivity index (χ2v) is 13.2. The van der Waals surface area contributed by atoms with Gasteiger partial charge in [0.15, 0.2) is 0 Å². The standard InChI is InChI=1S/C45H33N/c1-28-10-8-17-42(46-28)33-12-9-11-31(26-33)29-18-20-30(21-19-29)32-22-23-37-40-25-24-39-36-15-5-4-13-34(36)35-14-6-7-16-38(35)43(39)44(40)45(2,3)41(37)27-32/h4-27H,1-3H3. The number of aromatic nitrogens is 1. The van der Waals surface area contributed by atoms with E-state index in [1.54, 1.807) is 0 Å². The monoisotopic (exact) mass is 587 g/mol. The van der Waals surface area contributed by atoms with Gasteiger partial charge in [0.2, 0.25) is 0 Å². The van der Waals surface area contributed by atoms with Crippen LogP contribution in [0.15, 0.2) is 146 Å². The lowest BCUT2D eigenvalue weighted by atomic mass is 9.78. The molecule has 8 aromatic rings. The van der Waals surface area contributed by atoms with E-state index in [2.05, 4.69) is 153 Å². The van der Waals surface area contributed by atoms with Crippen molar-refractivity contribution < 1.29 is 0 Å². The summed E-state index contributed by atoms with van der Waals surface area (Å²) in [6.45, 7) is 6.85. The van der Waals surface area contributed by atoms with Crippen LogP contribution < -0.4 is 0 Å². The lowest BCUT2D eigenvalue weighted by Crippen LogP contribution is -2.15. The van der Waals surface area contributed by atoms with Gasteiger partial charge in [-0.15, -0.1) is 0 Å². The van der Waals surface area contributed by atoms with E-state index in [-0.39, 0.29) is 5.41 Å². The van der Waals surface area contributed by atoms with E-state index >= 15 is 0 Å². The van der Waals surface area contributed by atoms with Crippen molar-refractivity contribution in [2.75, 3.05) is 0 Å². The molecule has 0 fully saturated rings. The first kappa shape index (κ1) is 26.8. The molecule has 1 heterocycles. The second kappa shape index (κ2) is 9.99. The normalized spacial score (nSPS) is 13.3. The molecule has 0 saturated heterocycles. The average molecular weight is 588 g/mol. The van der Waals surface area contributed by atoms with Crippen molar-refractivity contribution in [3.8, 4) is 44.6 Å². The van der Waals surface area contributed by atoms with Crippen LogP contribution in [0.2, 0.25) is 0 Å². The lowest BCUT2D eigenvalue weighted by Gasteiger charge is -2.25. The molecule has 1 aromatic heterocycles. The van der Waals surface area contributed by atoms with Gasteiger partial charge in [-0.25, -0.2) is 0 Å². The average Bonchev–Trinajstić information content (AvgIpc) is 3.34. The highest BCUT2D eigenvalue weighted by atomic mass is 14.7. The number of hydrogen-bond acceptors (Lipinski definition) is 1. The van der Waals surface area contributed by atoms with E-state index in [1.807, 2.05) is 13.0 Å². The fourth-order valence-corrected chi connectivity index (χ4v) is 7.90. The molecule has 7 aromatic carbocycles. The van der Waals surface area contributed by atoms with E-state index < -0.39 is 0 Å². The maximum atomic E-state index is 4.73. The van der Waals surface area contributed by atoms with Crippen molar-refractivity contribution in [1.29, 1.82) is 0 Å². The Kier molecular flexibility index (Phi) is 5.83. The molecule has 9 rings (SSSR count). The molecule has 0 radical (unpaired) electrons. The molecule has 1 aliphatic carbocycles. The molecular formula is C45H33N. The molecule has 0 unspecified atom stereocenters. The molecule has 1 heteroatoms. The Morgan fingerprint density at radius 2 is 0.978 bits per heavy atom. The summed E-state index contributed by atoms with van der Waals surface area (Å²) in [6, 6.07) is 53.5. The SMILES string of the molecule is Cc1cccc(-c2cccc(-c3ccc(-c4ccc5c(c4)C(C)(C)c4c-5ccc5c6ccccc6c6ccccc6c45)cc3)c2)n1. The summed E-state index contributed by atoms with van der Waals surface area (Å²) in [5, 5.41) is 8.04. The number of rotatable bonds is 3. The predicted molar refractivity (Wildman–Crippen MR) is 195 cm³/mol. The zero-order valence-electron chi connectivity index (χ0n) is 26.3. The molecule has 1 nitrogen and oxygen atoms in total. The van der Waals surface area contributed by atoms with Crippen molar-refractivity contribution in [3.63, 3.8) is 0 Å². The number of aryl methyl sites for hydroxylation is 1. The number of nitrogens with zero attached hydrogens (tertiary/aromatic N) is 1. The summed E-state index contributed by atoms with van der Waals surface area (Å²) < 4.78 is 0. The lowest BCUT2D eigenvalue weighted by molar-refractivity contribution is 0.667. The summed E-state index contributed by atoms with van der Waals surface area (Å²) in [7, 11) is 0. The number of hydrogen-bond donors (Lipinski definition) is 0. The minimum absolute atomic E-state index is 0.143. The van der Waals surface area contributed by atoms with Gasteiger partial charge >= 0.3 is 0 Å². The van der Waals surface area contributed by atoms with Crippen molar-refractivity contribution in [3.05, 3.63) is 162 Å². The highest BCUT2D eigenvalue weighted by Crippen LogP contribution is 2.54. The van der Waals surface area contributed by atoms with Crippen LogP contribution in [0.5, 0.6) is 0 Å². The summed E-state index contributed by atoms with van der Waals surface area (Å²) in [5.41, 5.74) is 13.5. The summed E-state index contributed by atoms with van der Waals surface area (Å²) in [5.74, 6) is 0. The summed E-state index contributed by atoms with van der Waals surface area (Å²) >= 11 is 0. The minimum atomic E-state index is -0.143. The quantitative estimate of drug-likeness (QED) is 0.187. The molecule has 0 spiro atoms. The highest BCUT2D eigenvalue weighted by Gasteiger charge is 2.37. The zero-order valence-corrected chi connectivity index (χ0v) is 26.3. The third-order valence-corrected chi connectivity index (χ3v) is 10.1. The Hall–Kier alpha value is -5.53. The largest absolute Gasteiger partial charge is 0.253 e. The van der Waals surface area contributed by atoms with Crippen LogP contribution in [0.25, 0.3) is 77.0 Å². The molecule has 0 N–H and O–H groups in total. The molecule has 1 aliphatic rings. The summed E-state index contributed by atoms with van der Waals surface area (Å²) in [4.78, 5) is 4.73. The third-order valence-electron chi connectivity index (χ3n) is 10.1. The maximum absolute atomic E-state index is 4.73. The van der Waals surface area contributed by atoms with E-state index in [4.69, 9.17) is 4.98 Å². The van der Waals surface area contributed by atoms with Crippen LogP contribution in [0.3, 0.4) is 0 Å². The van der Waals surface area contributed by atoms with Crippen molar-refractivity contribution >= 4 is 32.3 Å². The molecule has 0 atom stereocenters. The van der Waals surface area contributed by atoms with Crippen molar-refractivity contribution in [2.24, 2.45) is 0 Å². The third kappa shape index (κ3) is 3.98. The van der Waals surface area contributed by atoms with Crippen molar-refractivity contribution in [1.82, 2.24) is 4.98 Å². The summed E-state index contributed by atoms with van der Waals surface area (Å²) in [6.07, 6.45) is 0. The van der Waals surface area contributed by atoms with Crippen LogP contribution in [0, 0.1) is 6.92 Å². The molecule has 218 valence electrons. The van der Waals surface area contributed by atoms with Crippen LogP contribution in [-0.2, 0) is 5.41 Å². The second-order valence-electron chi connectivity index (χ2n) is 13.2. The Balaban J connectivity index is 1.13. The van der Waals surface area contributed by atoms with E-state index in [9.17, 15) is 0 Å². The first-order chi connectivity index (χ1) is 22.5. The Bertz CT molecular complexity index is 2460. The van der Waals surface area contributed by atoms with Gasteiger partial charge in [-0.2, -0.15) is 0 Å². The highest BCUT2D eigenvalue weighted by molar-refractivity contribution is 6.27. The first-order valence-electron chi connectivity index (χ1n) is 16.1. The molecule has 0 bridgehead atoms. The van der Waals surface area contributed by atoms with Gasteiger partial charge < -0.3 is 0 Å². The van der Waals surface area contributed by atoms with Gasteiger partial charge in [-0.05, 0) is 108 Å². The Morgan fingerprint density at radius 3 is 1.67 bits per heavy atom. The Morgan fingerprint density at radius 1 is 0.435 bits per heavy atom. The van der Waals surface area contributed by atoms with Crippen LogP contribution in [0.4, 0.5) is 0 Å². The van der Waals surface area contributed by atoms with E-state index in [0.717, 1.165) is 17.0 Å². The minimum Gasteiger partial charge on any atom is -0.253 e. The molecule has 0 aliphatic heterocycles. The van der Waals surface area contributed by atoms with E-state index in [0.29, 0.717) is 0 Å². The fraction of sp³-hybridized carbons (Fsp3) is 0.0889. The van der Waals surface area contributed by atoms with Gasteiger partial charge in [-0.3, -0.25) is 4.98 Å². The van der Waals surface area contributed by atoms with Crippen LogP contribution in [-0.4, -0.2) is 4.98 Å². The van der Waals surface area contributed by atoms with Gasteiger partial charge in [0, 0.05) is 16.7 Å². The van der Waals surface area contributed by atoms with Gasteiger partial charge in [0.25, 0.3) is 0 Å². The topological polar surface area (TPSA) is 12.9 Å². The molecule has 0 saturated carbocycles. The predicted octanol–water partition coefficient (Wildman–Crippen LogP) is 12.2. The van der Waals surface area contributed by atoms with Crippen LogP contribution in [0.1, 0.15) is 30.7 Å². The zero-order chi connectivity index (χ0) is 31.0. The molecule has 0 amide bonds. The molecular weight excluding hydrogens is 555 g/mol. The molecule has 46 heavy (non-hydrogen) atoms. The number of pyridine rings is 1. The van der Waals surface area contributed by atoms with Crippen LogP contribution >= 0.6 is 0 Å². The maximum Gasteiger partial charge on any atom is 0.0705 e. The van der Waals surface area contributed by atoms with Crippen molar-refractivity contribution in [2.45, 2.75) is 26.2 Å².